The first-order valence-electron chi connectivity index (χ1n) is 7.24. The number of benzene rings is 2. The van der Waals surface area contributed by atoms with Gasteiger partial charge in [0.1, 0.15) is 6.61 Å². The monoisotopic (exact) mass is 455 g/mol. The number of ether oxygens (including phenoxy) is 1. The number of halogens is 4. The second-order valence-corrected chi connectivity index (χ2v) is 8.55. The lowest BCUT2D eigenvalue weighted by Gasteiger charge is -2.14. The minimum absolute atomic E-state index is 0.0319. The van der Waals surface area contributed by atoms with Crippen molar-refractivity contribution in [2.75, 3.05) is 11.0 Å². The molecule has 0 heterocycles. The zero-order valence-corrected chi connectivity index (χ0v) is 16.8. The van der Waals surface area contributed by atoms with Crippen molar-refractivity contribution in [3.05, 3.63) is 56.3 Å². The lowest BCUT2D eigenvalue weighted by atomic mass is 10.1. The Morgan fingerprint density at radius 3 is 2.30 bits per heavy atom. The maximum absolute atomic E-state index is 14.5. The average molecular weight is 457 g/mol. The van der Waals surface area contributed by atoms with Crippen LogP contribution in [0.4, 0.5) is 10.1 Å². The van der Waals surface area contributed by atoms with Gasteiger partial charge in [-0.15, -0.1) is 0 Å². The van der Waals surface area contributed by atoms with Gasteiger partial charge in [-0.05, 0) is 29.8 Å². The van der Waals surface area contributed by atoms with Gasteiger partial charge >= 0.3 is 5.97 Å². The zero-order chi connectivity index (χ0) is 20.4. The van der Waals surface area contributed by atoms with E-state index in [1.807, 2.05) is 4.72 Å². The summed E-state index contributed by atoms with van der Waals surface area (Å²) in [6.45, 7) is -0.345. The predicted octanol–water partition coefficient (Wildman–Crippen LogP) is 4.36. The normalized spacial score (nSPS) is 11.3. The molecule has 0 spiro atoms. The van der Waals surface area contributed by atoms with Crippen LogP contribution in [0.3, 0.4) is 0 Å². The van der Waals surface area contributed by atoms with Crippen molar-refractivity contribution in [3.63, 3.8) is 0 Å². The molecule has 2 N–H and O–H groups in total. The Balaban J connectivity index is 2.28. The van der Waals surface area contributed by atoms with Gasteiger partial charge in [-0.3, -0.25) is 9.52 Å². The smallest absolute Gasteiger partial charge is 0.307 e. The molecule has 2 aromatic carbocycles. The highest BCUT2D eigenvalue weighted by Gasteiger charge is 2.16. The predicted molar refractivity (Wildman–Crippen MR) is 102 cm³/mol. The van der Waals surface area contributed by atoms with Gasteiger partial charge in [0.05, 0.1) is 28.4 Å². The fourth-order valence-electron chi connectivity index (χ4n) is 2.20. The van der Waals surface area contributed by atoms with Crippen LogP contribution in [0.2, 0.25) is 15.1 Å². The van der Waals surface area contributed by atoms with Crippen LogP contribution < -0.4 is 9.46 Å². The third kappa shape index (κ3) is 6.14. The number of carboxylic acid groups (broad SMARTS) is 1. The number of rotatable bonds is 7. The molecule has 0 aliphatic carbocycles. The molecule has 0 amide bonds. The summed E-state index contributed by atoms with van der Waals surface area (Å²) in [5.74, 6) is -1.88. The fourth-order valence-corrected chi connectivity index (χ4v) is 3.63. The van der Waals surface area contributed by atoms with Gasteiger partial charge in [0, 0.05) is 10.6 Å². The minimum atomic E-state index is -3.71. The average Bonchev–Trinajstić information content (AvgIpc) is 2.48. The number of nitrogens with one attached hydrogen (secondary N) is 1. The van der Waals surface area contributed by atoms with Crippen molar-refractivity contribution in [1.82, 2.24) is 0 Å². The Bertz CT molecular complexity index is 975. The van der Waals surface area contributed by atoms with Crippen molar-refractivity contribution < 1.29 is 27.4 Å². The third-order valence-corrected chi connectivity index (χ3v) is 4.56. The summed E-state index contributed by atoms with van der Waals surface area (Å²) >= 11 is 18.0. The Morgan fingerprint density at radius 1 is 1.19 bits per heavy atom. The van der Waals surface area contributed by atoms with Crippen LogP contribution in [-0.4, -0.2) is 25.7 Å². The van der Waals surface area contributed by atoms with Gasteiger partial charge in [0.15, 0.2) is 11.6 Å². The van der Waals surface area contributed by atoms with E-state index in [4.69, 9.17) is 44.6 Å². The van der Waals surface area contributed by atoms with Gasteiger partial charge in [-0.1, -0.05) is 34.8 Å². The SMILES string of the molecule is CS(=O)(=O)Nc1cc(Cl)cc(COc2c(Cl)cc(CC(=O)O)cc2Cl)c1F. The molecule has 6 nitrogen and oxygen atoms in total. The van der Waals surface area contributed by atoms with Crippen LogP contribution >= 0.6 is 34.8 Å². The summed E-state index contributed by atoms with van der Waals surface area (Å²) < 4.78 is 44.6. The van der Waals surface area contributed by atoms with Crippen molar-refractivity contribution in [1.29, 1.82) is 0 Å². The van der Waals surface area contributed by atoms with Crippen LogP contribution in [0.25, 0.3) is 0 Å². The lowest BCUT2D eigenvalue weighted by Crippen LogP contribution is -2.12. The van der Waals surface area contributed by atoms with E-state index in [1.54, 1.807) is 0 Å². The Morgan fingerprint density at radius 2 is 1.78 bits per heavy atom. The maximum Gasteiger partial charge on any atom is 0.307 e. The molecule has 11 heteroatoms. The zero-order valence-electron chi connectivity index (χ0n) is 13.7. The van der Waals surface area contributed by atoms with E-state index >= 15 is 0 Å². The van der Waals surface area contributed by atoms with Gasteiger partial charge in [0.25, 0.3) is 0 Å². The number of hydrogen-bond donors (Lipinski definition) is 2. The molecule has 2 aromatic rings. The number of hydrogen-bond acceptors (Lipinski definition) is 4. The summed E-state index contributed by atoms with van der Waals surface area (Å²) in [5, 5.41) is 9.01. The minimum Gasteiger partial charge on any atom is -0.486 e. The quantitative estimate of drug-likeness (QED) is 0.645. The molecule has 0 saturated heterocycles. The molecule has 0 bridgehead atoms. The van der Waals surface area contributed by atoms with E-state index in [-0.39, 0.29) is 45.1 Å². The van der Waals surface area contributed by atoms with Crippen molar-refractivity contribution in [2.24, 2.45) is 0 Å². The highest BCUT2D eigenvalue weighted by atomic mass is 35.5. The molecular formula is C16H13Cl3FNO5S. The van der Waals surface area contributed by atoms with Crippen molar-refractivity contribution in [2.45, 2.75) is 13.0 Å². The first-order chi connectivity index (χ1) is 12.5. The first-order valence-corrected chi connectivity index (χ1v) is 10.3. The number of carboxylic acids is 1. The number of sulfonamides is 1. The van der Waals surface area contributed by atoms with Gasteiger partial charge in [-0.25, -0.2) is 12.8 Å². The Hall–Kier alpha value is -1.74. The van der Waals surface area contributed by atoms with Gasteiger partial charge in [0.2, 0.25) is 10.0 Å². The molecule has 146 valence electrons. The maximum atomic E-state index is 14.5. The molecule has 0 atom stereocenters. The molecule has 0 unspecified atom stereocenters. The largest absolute Gasteiger partial charge is 0.486 e. The summed E-state index contributed by atoms with van der Waals surface area (Å²) in [5.41, 5.74) is 0.0198. The lowest BCUT2D eigenvalue weighted by molar-refractivity contribution is -0.136. The molecule has 27 heavy (non-hydrogen) atoms. The topological polar surface area (TPSA) is 92.7 Å². The molecule has 0 aliphatic rings. The highest BCUT2D eigenvalue weighted by molar-refractivity contribution is 7.92. The van der Waals surface area contributed by atoms with E-state index in [0.29, 0.717) is 5.56 Å². The van der Waals surface area contributed by atoms with Crippen LogP contribution in [0.15, 0.2) is 24.3 Å². The Labute approximate surface area is 169 Å². The summed E-state index contributed by atoms with van der Waals surface area (Å²) in [6.07, 6.45) is 0.602. The molecule has 0 saturated carbocycles. The summed E-state index contributed by atoms with van der Waals surface area (Å²) in [7, 11) is -3.71. The van der Waals surface area contributed by atoms with Crippen molar-refractivity contribution in [3.8, 4) is 5.75 Å². The second-order valence-electron chi connectivity index (χ2n) is 5.55. The van der Waals surface area contributed by atoms with Crippen molar-refractivity contribution >= 4 is 56.5 Å². The van der Waals surface area contributed by atoms with Crippen LogP contribution in [0.1, 0.15) is 11.1 Å². The van der Waals surface area contributed by atoms with E-state index in [1.165, 1.54) is 18.2 Å². The third-order valence-electron chi connectivity index (χ3n) is 3.19. The van der Waals surface area contributed by atoms with E-state index in [0.717, 1.165) is 12.3 Å². The highest BCUT2D eigenvalue weighted by Crippen LogP contribution is 2.35. The molecule has 2 rings (SSSR count). The van der Waals surface area contributed by atoms with E-state index in [2.05, 4.69) is 0 Å². The second kappa shape index (κ2) is 8.52. The molecule has 0 fully saturated rings. The number of carbonyl (C=O) groups is 1. The van der Waals surface area contributed by atoms with Crippen LogP contribution in [0, 0.1) is 5.82 Å². The number of aliphatic carboxylic acids is 1. The van der Waals surface area contributed by atoms with Gasteiger partial charge in [-0.2, -0.15) is 0 Å². The molecule has 0 aromatic heterocycles. The summed E-state index contributed by atoms with van der Waals surface area (Å²) in [6, 6.07) is 5.15. The fraction of sp³-hybridized carbons (Fsp3) is 0.188. The molecular weight excluding hydrogens is 444 g/mol. The molecule has 0 aliphatic heterocycles. The van der Waals surface area contributed by atoms with E-state index in [9.17, 15) is 17.6 Å². The van der Waals surface area contributed by atoms with Crippen LogP contribution in [0.5, 0.6) is 5.75 Å². The number of anilines is 1. The first kappa shape index (κ1) is 21.6. The summed E-state index contributed by atoms with van der Waals surface area (Å²) in [4.78, 5) is 10.8. The van der Waals surface area contributed by atoms with E-state index < -0.39 is 21.8 Å². The Kier molecular flexibility index (Phi) is 6.80. The standard InChI is InChI=1S/C16H13Cl3FNO5S/c1-27(24,25)21-13-6-10(17)5-9(15(13)20)7-26-16-11(18)2-8(3-12(16)19)4-14(22)23/h2-3,5-6,21H,4,7H2,1H3,(H,22,23). The van der Waals surface area contributed by atoms with Crippen LogP contribution in [-0.2, 0) is 27.8 Å². The van der Waals surface area contributed by atoms with Gasteiger partial charge < -0.3 is 9.84 Å². The molecule has 0 radical (unpaired) electrons.